The molecule has 1 heterocycles. The van der Waals surface area contributed by atoms with Gasteiger partial charge in [-0.25, -0.2) is 4.90 Å². The van der Waals surface area contributed by atoms with E-state index in [2.05, 4.69) is 6.07 Å². The van der Waals surface area contributed by atoms with Crippen molar-refractivity contribution in [3.05, 3.63) is 23.8 Å². The monoisotopic (exact) mass is 269 g/mol. The van der Waals surface area contributed by atoms with Crippen molar-refractivity contribution in [1.82, 2.24) is 0 Å². The van der Waals surface area contributed by atoms with Crippen LogP contribution in [0.5, 0.6) is 0 Å². The van der Waals surface area contributed by atoms with E-state index < -0.39 is 5.41 Å². The molecule has 0 bridgehead atoms. The molecule has 2 amide bonds. The molecule has 0 aromatic heterocycles. The summed E-state index contributed by atoms with van der Waals surface area (Å²) in [5.41, 5.74) is 6.83. The number of imide groups is 1. The Hall–Kier alpha value is -2.35. The number of nitriles is 1. The lowest BCUT2D eigenvalue weighted by Gasteiger charge is -2.39. The number of anilines is 2. The minimum Gasteiger partial charge on any atom is -0.399 e. The lowest BCUT2D eigenvalue weighted by Crippen LogP contribution is -2.51. The fraction of sp³-hybridized carbons (Fsp3) is 0.400. The molecule has 1 aromatic rings. The first-order valence-electron chi connectivity index (χ1n) is 6.74. The third kappa shape index (κ3) is 1.68. The number of nitrogens with two attached hydrogens (primary N) is 1. The molecule has 1 saturated carbocycles. The van der Waals surface area contributed by atoms with Crippen molar-refractivity contribution in [3.8, 4) is 6.07 Å². The van der Waals surface area contributed by atoms with Gasteiger partial charge in [0.2, 0.25) is 5.91 Å². The van der Waals surface area contributed by atoms with Gasteiger partial charge in [0.25, 0.3) is 5.91 Å². The minimum absolute atomic E-state index is 0.228. The lowest BCUT2D eigenvalue weighted by atomic mass is 9.68. The van der Waals surface area contributed by atoms with Crippen LogP contribution >= 0.6 is 0 Å². The minimum atomic E-state index is -1.01. The summed E-state index contributed by atoms with van der Waals surface area (Å²) in [5.74, 6) is -0.601. The zero-order chi connectivity index (χ0) is 14.3. The van der Waals surface area contributed by atoms with Crippen LogP contribution in [0.1, 0.15) is 31.2 Å². The summed E-state index contributed by atoms with van der Waals surface area (Å²) in [7, 11) is 0. The third-order valence-corrected chi connectivity index (χ3v) is 4.24. The van der Waals surface area contributed by atoms with Crippen molar-refractivity contribution in [1.29, 1.82) is 5.26 Å². The zero-order valence-corrected chi connectivity index (χ0v) is 11.1. The highest BCUT2D eigenvalue weighted by Gasteiger charge is 2.49. The Balaban J connectivity index is 2.04. The van der Waals surface area contributed by atoms with E-state index in [0.717, 1.165) is 12.0 Å². The van der Waals surface area contributed by atoms with Crippen LogP contribution in [0, 0.1) is 16.7 Å². The Labute approximate surface area is 117 Å². The van der Waals surface area contributed by atoms with E-state index in [1.165, 1.54) is 4.90 Å². The number of nitrogen functional groups attached to an aromatic ring is 1. The van der Waals surface area contributed by atoms with Crippen LogP contribution < -0.4 is 10.6 Å². The van der Waals surface area contributed by atoms with Crippen LogP contribution in [0.25, 0.3) is 0 Å². The SMILES string of the molecule is N#CC1(C(=O)N2C(=O)CCc3cc(N)ccc32)CCC1. The molecule has 0 unspecified atom stereocenters. The summed E-state index contributed by atoms with van der Waals surface area (Å²) in [6, 6.07) is 7.28. The van der Waals surface area contributed by atoms with Crippen LogP contribution in [0.2, 0.25) is 0 Å². The van der Waals surface area contributed by atoms with E-state index in [1.807, 2.05) is 0 Å². The van der Waals surface area contributed by atoms with E-state index in [9.17, 15) is 14.9 Å². The second-order valence-corrected chi connectivity index (χ2v) is 5.47. The number of nitrogens with zero attached hydrogens (tertiary/aromatic N) is 2. The first-order valence-corrected chi connectivity index (χ1v) is 6.74. The van der Waals surface area contributed by atoms with Crippen molar-refractivity contribution in [2.75, 3.05) is 10.6 Å². The van der Waals surface area contributed by atoms with E-state index in [4.69, 9.17) is 5.73 Å². The maximum absolute atomic E-state index is 12.6. The molecule has 0 spiro atoms. The fourth-order valence-electron chi connectivity index (χ4n) is 2.85. The van der Waals surface area contributed by atoms with Crippen molar-refractivity contribution in [3.63, 3.8) is 0 Å². The molecule has 2 aliphatic rings. The largest absolute Gasteiger partial charge is 0.399 e. The van der Waals surface area contributed by atoms with Gasteiger partial charge in [0.1, 0.15) is 5.41 Å². The Kier molecular flexibility index (Phi) is 2.75. The first kappa shape index (κ1) is 12.7. The maximum atomic E-state index is 12.6. The molecular formula is C15H15N3O2. The highest BCUT2D eigenvalue weighted by molar-refractivity contribution is 6.19. The van der Waals surface area contributed by atoms with Crippen LogP contribution in [0.15, 0.2) is 18.2 Å². The molecule has 0 saturated heterocycles. The summed E-state index contributed by atoms with van der Waals surface area (Å²) in [6.45, 7) is 0. The molecular weight excluding hydrogens is 254 g/mol. The van der Waals surface area contributed by atoms with Gasteiger partial charge in [-0.15, -0.1) is 0 Å². The van der Waals surface area contributed by atoms with E-state index in [-0.39, 0.29) is 18.2 Å². The molecule has 1 aliphatic carbocycles. The van der Waals surface area contributed by atoms with Gasteiger partial charge in [-0.1, -0.05) is 0 Å². The molecule has 102 valence electrons. The van der Waals surface area contributed by atoms with Crippen LogP contribution in [0.4, 0.5) is 11.4 Å². The summed E-state index contributed by atoms with van der Waals surface area (Å²) in [5, 5.41) is 9.29. The van der Waals surface area contributed by atoms with Crippen LogP contribution in [-0.4, -0.2) is 11.8 Å². The van der Waals surface area contributed by atoms with Gasteiger partial charge < -0.3 is 5.73 Å². The van der Waals surface area contributed by atoms with Gasteiger partial charge in [-0.05, 0) is 49.4 Å². The number of benzene rings is 1. The van der Waals surface area contributed by atoms with Crippen LogP contribution in [0.3, 0.4) is 0 Å². The van der Waals surface area contributed by atoms with Gasteiger partial charge in [-0.3, -0.25) is 9.59 Å². The van der Waals surface area contributed by atoms with Gasteiger partial charge in [-0.2, -0.15) is 5.26 Å². The second kappa shape index (κ2) is 4.34. The highest BCUT2D eigenvalue weighted by Crippen LogP contribution is 2.44. The Morgan fingerprint density at radius 2 is 2.10 bits per heavy atom. The fourth-order valence-corrected chi connectivity index (χ4v) is 2.85. The smallest absolute Gasteiger partial charge is 0.254 e. The molecule has 20 heavy (non-hydrogen) atoms. The van der Waals surface area contributed by atoms with Gasteiger partial charge in [0.05, 0.1) is 11.8 Å². The summed E-state index contributed by atoms with van der Waals surface area (Å²) >= 11 is 0. The molecule has 1 fully saturated rings. The Morgan fingerprint density at radius 1 is 1.35 bits per heavy atom. The van der Waals surface area contributed by atoms with Gasteiger partial charge in [0, 0.05) is 12.1 Å². The van der Waals surface area contributed by atoms with Crippen molar-refractivity contribution in [2.24, 2.45) is 5.41 Å². The molecule has 5 heteroatoms. The Morgan fingerprint density at radius 3 is 2.70 bits per heavy atom. The number of rotatable bonds is 1. The summed E-state index contributed by atoms with van der Waals surface area (Å²) in [6.07, 6.45) is 2.80. The summed E-state index contributed by atoms with van der Waals surface area (Å²) in [4.78, 5) is 26.0. The topological polar surface area (TPSA) is 87.2 Å². The number of carbonyl (C=O) groups is 2. The van der Waals surface area contributed by atoms with Gasteiger partial charge in [0.15, 0.2) is 0 Å². The van der Waals surface area contributed by atoms with Crippen molar-refractivity contribution < 1.29 is 9.59 Å². The van der Waals surface area contributed by atoms with Crippen molar-refractivity contribution in [2.45, 2.75) is 32.1 Å². The predicted molar refractivity (Wildman–Crippen MR) is 73.6 cm³/mol. The molecule has 2 N–H and O–H groups in total. The maximum Gasteiger partial charge on any atom is 0.254 e. The highest BCUT2D eigenvalue weighted by atomic mass is 16.2. The number of amides is 2. The molecule has 1 aromatic carbocycles. The normalized spacial score (nSPS) is 19.8. The molecule has 1 aliphatic heterocycles. The number of hydrogen-bond donors (Lipinski definition) is 1. The van der Waals surface area contributed by atoms with E-state index in [1.54, 1.807) is 18.2 Å². The molecule has 0 radical (unpaired) electrons. The van der Waals surface area contributed by atoms with Gasteiger partial charge >= 0.3 is 0 Å². The Bertz CT molecular complexity index is 641. The summed E-state index contributed by atoms with van der Waals surface area (Å²) < 4.78 is 0. The average molecular weight is 269 g/mol. The first-order chi connectivity index (χ1) is 9.57. The quantitative estimate of drug-likeness (QED) is 0.621. The lowest BCUT2D eigenvalue weighted by molar-refractivity contribution is -0.133. The average Bonchev–Trinajstić information content (AvgIpc) is 2.38. The third-order valence-electron chi connectivity index (χ3n) is 4.24. The second-order valence-electron chi connectivity index (χ2n) is 5.47. The molecule has 3 rings (SSSR count). The number of fused-ring (bicyclic) bond motifs is 1. The van der Waals surface area contributed by atoms with Crippen LogP contribution in [-0.2, 0) is 16.0 Å². The number of hydrogen-bond acceptors (Lipinski definition) is 4. The zero-order valence-electron chi connectivity index (χ0n) is 11.1. The predicted octanol–water partition coefficient (Wildman–Crippen LogP) is 1.77. The van der Waals surface area contributed by atoms with Crippen molar-refractivity contribution >= 4 is 23.2 Å². The van der Waals surface area contributed by atoms with E-state index >= 15 is 0 Å². The van der Waals surface area contributed by atoms with E-state index in [0.29, 0.717) is 30.6 Å². The number of carbonyl (C=O) groups excluding carboxylic acids is 2. The molecule has 5 nitrogen and oxygen atoms in total. The standard InChI is InChI=1S/C15H15N3O2/c16-9-15(6-1-7-15)14(20)18-12-4-3-11(17)8-10(12)2-5-13(18)19/h3-4,8H,1-2,5-7,17H2. The number of aryl methyl sites for hydroxylation is 1. The molecule has 0 atom stereocenters.